The fraction of sp³-hybridized carbons (Fsp3) is 0.588. The molecule has 0 amide bonds. The maximum absolute atomic E-state index is 12.4. The van der Waals surface area contributed by atoms with E-state index in [1.54, 1.807) is 0 Å². The maximum Gasteiger partial charge on any atom is 0.306 e. The Morgan fingerprint density at radius 1 is 0.605 bits per heavy atom. The van der Waals surface area contributed by atoms with Crippen molar-refractivity contribution in [1.82, 2.24) is 0 Å². The van der Waals surface area contributed by atoms with Gasteiger partial charge in [0.2, 0.25) is 0 Å². The van der Waals surface area contributed by atoms with E-state index in [0.717, 1.165) is 89.9 Å². The molecule has 0 fully saturated rings. The van der Waals surface area contributed by atoms with E-state index in [0.29, 0.717) is 12.8 Å². The second-order valence-electron chi connectivity index (χ2n) is 9.52. The number of allylic oxidation sites excluding steroid dienone is 11. The molecule has 1 N–H and O–H groups in total. The summed E-state index contributed by atoms with van der Waals surface area (Å²) in [5.74, 6) is -0.860. The molecular formula is C34H54O4. The summed E-state index contributed by atoms with van der Waals surface area (Å²) in [6, 6.07) is 0. The van der Waals surface area contributed by atoms with E-state index >= 15 is 0 Å². The van der Waals surface area contributed by atoms with Crippen LogP contribution in [0.2, 0.25) is 0 Å². The minimum atomic E-state index is -0.739. The minimum Gasteiger partial charge on any atom is -0.481 e. The van der Waals surface area contributed by atoms with E-state index < -0.39 is 5.97 Å². The number of rotatable bonds is 25. The largest absolute Gasteiger partial charge is 0.481 e. The lowest BCUT2D eigenvalue weighted by molar-refractivity contribution is -0.147. The van der Waals surface area contributed by atoms with Gasteiger partial charge in [0.25, 0.3) is 0 Å². The van der Waals surface area contributed by atoms with Crippen LogP contribution in [0.1, 0.15) is 123 Å². The van der Waals surface area contributed by atoms with Crippen LogP contribution in [0.5, 0.6) is 0 Å². The highest BCUT2D eigenvalue weighted by molar-refractivity contribution is 5.69. The number of unbranched alkanes of at least 4 members (excludes halogenated alkanes) is 6. The summed E-state index contributed by atoms with van der Waals surface area (Å²) in [7, 11) is 0. The van der Waals surface area contributed by atoms with E-state index in [9.17, 15) is 9.59 Å². The van der Waals surface area contributed by atoms with Crippen LogP contribution in [0.15, 0.2) is 72.9 Å². The van der Waals surface area contributed by atoms with E-state index in [4.69, 9.17) is 9.84 Å². The Labute approximate surface area is 233 Å². The van der Waals surface area contributed by atoms with Gasteiger partial charge in [-0.1, -0.05) is 99.9 Å². The first-order valence-corrected chi connectivity index (χ1v) is 14.9. The fourth-order valence-electron chi connectivity index (χ4n) is 3.78. The van der Waals surface area contributed by atoms with Gasteiger partial charge in [0.05, 0.1) is 0 Å². The number of aliphatic carboxylic acids is 1. The van der Waals surface area contributed by atoms with Gasteiger partial charge in [-0.05, 0) is 83.1 Å². The standard InChI is InChI=1S/C34H54O4/c1-3-5-7-9-11-13-14-15-16-17-19-21-27-31-34(37)38-32(29-25-22-23-26-30-33(35)36)28-24-20-18-12-10-8-6-4-2/h5-8,11-13,15-16,18,24,28,32H,3-4,9-10,14,17,19-23,25-27,29-31H2,1-2H3,(H,35,36)/b7-5-,8-6-,13-11-,16-15-,18-12-,28-24-. The Morgan fingerprint density at radius 3 is 1.71 bits per heavy atom. The molecule has 4 heteroatoms. The molecule has 0 saturated heterocycles. The first-order chi connectivity index (χ1) is 18.6. The normalized spacial score (nSPS) is 13.3. The predicted molar refractivity (Wildman–Crippen MR) is 162 cm³/mol. The summed E-state index contributed by atoms with van der Waals surface area (Å²) in [6.07, 6.45) is 40.6. The number of carbonyl (C=O) groups is 2. The highest BCUT2D eigenvalue weighted by Crippen LogP contribution is 2.13. The van der Waals surface area contributed by atoms with Gasteiger partial charge in [-0.2, -0.15) is 0 Å². The van der Waals surface area contributed by atoms with E-state index in [2.05, 4.69) is 80.7 Å². The topological polar surface area (TPSA) is 63.6 Å². The van der Waals surface area contributed by atoms with Gasteiger partial charge in [-0.25, -0.2) is 0 Å². The molecule has 0 radical (unpaired) electrons. The van der Waals surface area contributed by atoms with Crippen molar-refractivity contribution in [2.75, 3.05) is 0 Å². The molecule has 0 aliphatic rings. The molecule has 214 valence electrons. The molecule has 0 aromatic heterocycles. The van der Waals surface area contributed by atoms with Gasteiger partial charge in [0, 0.05) is 12.8 Å². The molecule has 0 aromatic rings. The van der Waals surface area contributed by atoms with Crippen molar-refractivity contribution in [2.24, 2.45) is 0 Å². The van der Waals surface area contributed by atoms with Crippen molar-refractivity contribution in [2.45, 2.75) is 129 Å². The van der Waals surface area contributed by atoms with Gasteiger partial charge in [-0.3, -0.25) is 9.59 Å². The molecule has 38 heavy (non-hydrogen) atoms. The quantitative estimate of drug-likeness (QED) is 0.0730. The molecule has 1 unspecified atom stereocenters. The molecule has 1 atom stereocenters. The molecule has 0 saturated carbocycles. The molecular weight excluding hydrogens is 472 g/mol. The Kier molecular flexibility index (Phi) is 26.9. The minimum absolute atomic E-state index is 0.122. The van der Waals surface area contributed by atoms with Crippen molar-refractivity contribution < 1.29 is 19.4 Å². The number of carboxylic acids is 1. The molecule has 4 nitrogen and oxygen atoms in total. The molecule has 0 heterocycles. The molecule has 0 spiro atoms. The summed E-state index contributed by atoms with van der Waals surface area (Å²) in [6.45, 7) is 4.27. The number of carbonyl (C=O) groups excluding carboxylic acids is 1. The van der Waals surface area contributed by atoms with Gasteiger partial charge in [-0.15, -0.1) is 0 Å². The molecule has 0 aromatic carbocycles. The predicted octanol–water partition coefficient (Wildman–Crippen LogP) is 9.99. The van der Waals surface area contributed by atoms with Crippen LogP contribution in [0.25, 0.3) is 0 Å². The molecule has 0 aliphatic carbocycles. The zero-order chi connectivity index (χ0) is 27.9. The van der Waals surface area contributed by atoms with E-state index in [-0.39, 0.29) is 18.5 Å². The molecule has 0 aliphatic heterocycles. The number of hydrogen-bond acceptors (Lipinski definition) is 3. The van der Waals surface area contributed by atoms with E-state index in [1.807, 2.05) is 6.08 Å². The SMILES string of the molecule is CC/C=C\C/C=C\C/C=C\CCCCCC(=O)OC(/C=C\C/C=C\C/C=C\CC)CCCCCCC(=O)O. The summed E-state index contributed by atoms with van der Waals surface area (Å²) in [5.41, 5.74) is 0. The first kappa shape index (κ1) is 35.4. The summed E-state index contributed by atoms with van der Waals surface area (Å²) in [5, 5.41) is 8.77. The van der Waals surface area contributed by atoms with Gasteiger partial charge >= 0.3 is 11.9 Å². The fourth-order valence-corrected chi connectivity index (χ4v) is 3.78. The number of ether oxygens (including phenoxy) is 1. The van der Waals surface area contributed by atoms with Crippen LogP contribution < -0.4 is 0 Å². The van der Waals surface area contributed by atoms with Gasteiger partial charge < -0.3 is 9.84 Å². The third-order valence-electron chi connectivity index (χ3n) is 5.91. The molecule has 0 bridgehead atoms. The van der Waals surface area contributed by atoms with Crippen LogP contribution in [0.3, 0.4) is 0 Å². The number of esters is 1. The average molecular weight is 527 g/mol. The Balaban J connectivity index is 4.25. The zero-order valence-corrected chi connectivity index (χ0v) is 24.2. The van der Waals surface area contributed by atoms with Crippen LogP contribution in [-0.4, -0.2) is 23.1 Å². The van der Waals surface area contributed by atoms with Crippen molar-refractivity contribution in [3.8, 4) is 0 Å². The van der Waals surface area contributed by atoms with Crippen LogP contribution in [0.4, 0.5) is 0 Å². The van der Waals surface area contributed by atoms with Crippen molar-refractivity contribution in [1.29, 1.82) is 0 Å². The van der Waals surface area contributed by atoms with Crippen LogP contribution >= 0.6 is 0 Å². The zero-order valence-electron chi connectivity index (χ0n) is 24.2. The number of hydrogen-bond donors (Lipinski definition) is 1. The average Bonchev–Trinajstić information content (AvgIpc) is 2.89. The van der Waals surface area contributed by atoms with Crippen LogP contribution in [-0.2, 0) is 14.3 Å². The lowest BCUT2D eigenvalue weighted by Crippen LogP contribution is -2.16. The number of carboxylic acid groups (broad SMARTS) is 1. The van der Waals surface area contributed by atoms with Crippen molar-refractivity contribution in [3.63, 3.8) is 0 Å². The van der Waals surface area contributed by atoms with Crippen LogP contribution in [0, 0.1) is 0 Å². The first-order valence-electron chi connectivity index (χ1n) is 14.9. The maximum atomic E-state index is 12.4. The molecule has 0 rings (SSSR count). The Bertz CT molecular complexity index is 740. The second kappa shape index (κ2) is 28.9. The lowest BCUT2D eigenvalue weighted by Gasteiger charge is -2.14. The van der Waals surface area contributed by atoms with Crippen molar-refractivity contribution in [3.05, 3.63) is 72.9 Å². The highest BCUT2D eigenvalue weighted by Gasteiger charge is 2.11. The summed E-state index contributed by atoms with van der Waals surface area (Å²) >= 11 is 0. The Hall–Kier alpha value is -2.62. The summed E-state index contributed by atoms with van der Waals surface area (Å²) in [4.78, 5) is 23.1. The Morgan fingerprint density at radius 2 is 1.11 bits per heavy atom. The third-order valence-corrected chi connectivity index (χ3v) is 5.91. The van der Waals surface area contributed by atoms with Crippen molar-refractivity contribution >= 4 is 11.9 Å². The summed E-state index contributed by atoms with van der Waals surface area (Å²) < 4.78 is 5.78. The van der Waals surface area contributed by atoms with E-state index in [1.165, 1.54) is 0 Å². The van der Waals surface area contributed by atoms with Gasteiger partial charge in [0.15, 0.2) is 0 Å². The second-order valence-corrected chi connectivity index (χ2v) is 9.52. The monoisotopic (exact) mass is 526 g/mol. The lowest BCUT2D eigenvalue weighted by atomic mass is 10.1. The highest BCUT2D eigenvalue weighted by atomic mass is 16.5. The smallest absolute Gasteiger partial charge is 0.306 e. The third kappa shape index (κ3) is 28.0. The van der Waals surface area contributed by atoms with Gasteiger partial charge in [0.1, 0.15) is 6.10 Å².